The molecule has 1 atom stereocenters. The van der Waals surface area contributed by atoms with Crippen LogP contribution >= 0.6 is 0 Å². The second-order valence-corrected chi connectivity index (χ2v) is 3.13. The van der Waals surface area contributed by atoms with E-state index in [0.29, 0.717) is 12.8 Å². The number of aliphatic hydroxyl groups is 1. The molecule has 0 fully saturated rings. The van der Waals surface area contributed by atoms with Crippen molar-refractivity contribution in [3.63, 3.8) is 0 Å². The summed E-state index contributed by atoms with van der Waals surface area (Å²) < 4.78 is 24.9. The SMILES string of the molecule is CCC[C@H](N)C(=O)NCC(F)(F)CO. The Kier molecular flexibility index (Phi) is 5.56. The maximum atomic E-state index is 12.5. The molecule has 0 aliphatic heterocycles. The number of hydrogen-bond acceptors (Lipinski definition) is 3. The smallest absolute Gasteiger partial charge is 0.287 e. The van der Waals surface area contributed by atoms with Gasteiger partial charge >= 0.3 is 0 Å². The van der Waals surface area contributed by atoms with Crippen LogP contribution < -0.4 is 11.1 Å². The zero-order valence-electron chi connectivity index (χ0n) is 8.09. The lowest BCUT2D eigenvalue weighted by atomic mass is 10.1. The lowest BCUT2D eigenvalue weighted by Crippen LogP contribution is -2.46. The number of rotatable bonds is 6. The highest BCUT2D eigenvalue weighted by Gasteiger charge is 2.28. The molecule has 0 unspecified atom stereocenters. The summed E-state index contributed by atoms with van der Waals surface area (Å²) in [4.78, 5) is 11.0. The molecule has 14 heavy (non-hydrogen) atoms. The van der Waals surface area contributed by atoms with Gasteiger partial charge in [-0.05, 0) is 6.42 Å². The first-order chi connectivity index (χ1) is 6.43. The van der Waals surface area contributed by atoms with E-state index in [0.717, 1.165) is 0 Å². The van der Waals surface area contributed by atoms with Crippen LogP contribution in [0.5, 0.6) is 0 Å². The summed E-state index contributed by atoms with van der Waals surface area (Å²) in [6.07, 6.45) is 1.17. The normalized spacial score (nSPS) is 13.8. The molecule has 0 bridgehead atoms. The molecule has 0 radical (unpaired) electrons. The number of aliphatic hydroxyl groups excluding tert-OH is 1. The molecule has 84 valence electrons. The number of nitrogens with two attached hydrogens (primary N) is 1. The predicted molar refractivity (Wildman–Crippen MR) is 47.9 cm³/mol. The minimum Gasteiger partial charge on any atom is -0.390 e. The minimum absolute atomic E-state index is 0.455. The zero-order chi connectivity index (χ0) is 11.2. The van der Waals surface area contributed by atoms with Gasteiger partial charge in [0.1, 0.15) is 6.61 Å². The van der Waals surface area contributed by atoms with Gasteiger partial charge in [-0.25, -0.2) is 8.78 Å². The quantitative estimate of drug-likeness (QED) is 0.571. The lowest BCUT2D eigenvalue weighted by molar-refractivity contribution is -0.125. The van der Waals surface area contributed by atoms with E-state index in [2.05, 4.69) is 0 Å². The molecule has 1 amide bonds. The Bertz CT molecular complexity index is 188. The Labute approximate surface area is 81.5 Å². The van der Waals surface area contributed by atoms with Crippen molar-refractivity contribution in [2.24, 2.45) is 5.73 Å². The first-order valence-electron chi connectivity index (χ1n) is 4.45. The van der Waals surface area contributed by atoms with Crippen LogP contribution in [0.1, 0.15) is 19.8 Å². The van der Waals surface area contributed by atoms with Crippen molar-refractivity contribution in [3.05, 3.63) is 0 Å². The fourth-order valence-electron chi connectivity index (χ4n) is 0.846. The van der Waals surface area contributed by atoms with E-state index in [1.165, 1.54) is 0 Å². The number of alkyl halides is 2. The number of nitrogens with one attached hydrogen (secondary N) is 1. The largest absolute Gasteiger partial charge is 0.390 e. The van der Waals surface area contributed by atoms with Crippen LogP contribution in [-0.2, 0) is 4.79 Å². The van der Waals surface area contributed by atoms with Crippen LogP contribution in [0.4, 0.5) is 8.78 Å². The van der Waals surface area contributed by atoms with Crippen molar-refractivity contribution in [3.8, 4) is 0 Å². The van der Waals surface area contributed by atoms with Gasteiger partial charge in [-0.1, -0.05) is 13.3 Å². The molecular weight excluding hydrogens is 194 g/mol. The number of halogens is 2. The summed E-state index contributed by atoms with van der Waals surface area (Å²) in [5.41, 5.74) is 5.38. The third-order valence-electron chi connectivity index (χ3n) is 1.69. The van der Waals surface area contributed by atoms with E-state index in [9.17, 15) is 13.6 Å². The monoisotopic (exact) mass is 210 g/mol. The molecule has 4 nitrogen and oxygen atoms in total. The van der Waals surface area contributed by atoms with Gasteiger partial charge in [-0.2, -0.15) is 0 Å². The molecule has 0 aliphatic carbocycles. The average Bonchev–Trinajstić information content (AvgIpc) is 2.15. The molecule has 0 spiro atoms. The molecule has 0 saturated carbocycles. The first-order valence-corrected chi connectivity index (χ1v) is 4.45. The van der Waals surface area contributed by atoms with Crippen molar-refractivity contribution in [1.29, 1.82) is 0 Å². The number of hydrogen-bond donors (Lipinski definition) is 3. The van der Waals surface area contributed by atoms with Crippen molar-refractivity contribution in [1.82, 2.24) is 5.32 Å². The van der Waals surface area contributed by atoms with Gasteiger partial charge in [0, 0.05) is 0 Å². The third-order valence-corrected chi connectivity index (χ3v) is 1.69. The Morgan fingerprint density at radius 3 is 2.64 bits per heavy atom. The summed E-state index contributed by atoms with van der Waals surface area (Å²) >= 11 is 0. The maximum Gasteiger partial charge on any atom is 0.287 e. The lowest BCUT2D eigenvalue weighted by Gasteiger charge is -2.16. The second kappa shape index (κ2) is 5.87. The number of carbonyl (C=O) groups excluding carboxylic acids is 1. The van der Waals surface area contributed by atoms with Gasteiger partial charge in [0.15, 0.2) is 0 Å². The van der Waals surface area contributed by atoms with E-state index >= 15 is 0 Å². The molecule has 0 aliphatic rings. The van der Waals surface area contributed by atoms with E-state index in [-0.39, 0.29) is 0 Å². The average molecular weight is 210 g/mol. The summed E-state index contributed by atoms with van der Waals surface area (Å²) in [5, 5.41) is 10.2. The number of carbonyl (C=O) groups is 1. The summed E-state index contributed by atoms with van der Waals surface area (Å²) in [5.74, 6) is -3.89. The Morgan fingerprint density at radius 1 is 1.64 bits per heavy atom. The summed E-state index contributed by atoms with van der Waals surface area (Å²) in [6, 6.07) is -0.755. The van der Waals surface area contributed by atoms with E-state index in [1.807, 2.05) is 12.2 Å². The van der Waals surface area contributed by atoms with Gasteiger partial charge < -0.3 is 16.2 Å². The maximum absolute atomic E-state index is 12.5. The van der Waals surface area contributed by atoms with Crippen molar-refractivity contribution in [2.45, 2.75) is 31.7 Å². The second-order valence-electron chi connectivity index (χ2n) is 3.13. The molecule has 0 rings (SSSR count). The van der Waals surface area contributed by atoms with E-state index in [1.54, 1.807) is 0 Å². The van der Waals surface area contributed by atoms with Crippen LogP contribution in [0.3, 0.4) is 0 Å². The standard InChI is InChI=1S/C8H16F2N2O2/c1-2-3-6(11)7(14)12-4-8(9,10)5-13/h6,13H,2-5,11H2,1H3,(H,12,14)/t6-/m0/s1. The van der Waals surface area contributed by atoms with Crippen molar-refractivity contribution >= 4 is 5.91 Å². The molecule has 0 aromatic carbocycles. The van der Waals surface area contributed by atoms with Crippen LogP contribution in [0.15, 0.2) is 0 Å². The van der Waals surface area contributed by atoms with Crippen molar-refractivity contribution in [2.75, 3.05) is 13.2 Å². The topological polar surface area (TPSA) is 75.4 Å². The minimum atomic E-state index is -3.28. The highest BCUT2D eigenvalue weighted by atomic mass is 19.3. The molecule has 0 aromatic rings. The zero-order valence-corrected chi connectivity index (χ0v) is 8.09. The molecule has 0 aromatic heterocycles. The van der Waals surface area contributed by atoms with Gasteiger partial charge in [-0.15, -0.1) is 0 Å². The molecular formula is C8H16F2N2O2. The van der Waals surface area contributed by atoms with Crippen LogP contribution in [0, 0.1) is 0 Å². The molecule has 0 heterocycles. The molecule has 0 saturated heterocycles. The summed E-state index contributed by atoms with van der Waals surface area (Å²) in [6.45, 7) is -0.314. The summed E-state index contributed by atoms with van der Waals surface area (Å²) in [7, 11) is 0. The van der Waals surface area contributed by atoms with E-state index < -0.39 is 31.0 Å². The fourth-order valence-corrected chi connectivity index (χ4v) is 0.846. The first kappa shape index (κ1) is 13.2. The Morgan fingerprint density at radius 2 is 2.21 bits per heavy atom. The fraction of sp³-hybridized carbons (Fsp3) is 0.875. The number of amides is 1. The Balaban J connectivity index is 3.84. The van der Waals surface area contributed by atoms with Gasteiger partial charge in [0.05, 0.1) is 12.6 Å². The highest BCUT2D eigenvalue weighted by molar-refractivity contribution is 5.81. The third kappa shape index (κ3) is 5.08. The van der Waals surface area contributed by atoms with Gasteiger partial charge in [0.25, 0.3) is 5.92 Å². The molecule has 6 heteroatoms. The van der Waals surface area contributed by atoms with Crippen LogP contribution in [0.2, 0.25) is 0 Å². The molecule has 4 N–H and O–H groups in total. The van der Waals surface area contributed by atoms with Gasteiger partial charge in [0.2, 0.25) is 5.91 Å². The van der Waals surface area contributed by atoms with E-state index in [4.69, 9.17) is 10.8 Å². The van der Waals surface area contributed by atoms with Crippen LogP contribution in [0.25, 0.3) is 0 Å². The van der Waals surface area contributed by atoms with Gasteiger partial charge in [-0.3, -0.25) is 4.79 Å². The highest BCUT2D eigenvalue weighted by Crippen LogP contribution is 2.09. The predicted octanol–water partition coefficient (Wildman–Crippen LogP) is -0.142. The Hall–Kier alpha value is -0.750. The van der Waals surface area contributed by atoms with Crippen LogP contribution in [-0.4, -0.2) is 36.1 Å². The van der Waals surface area contributed by atoms with Crippen molar-refractivity contribution < 1.29 is 18.7 Å².